The van der Waals surface area contributed by atoms with E-state index in [-0.39, 0.29) is 6.54 Å². The van der Waals surface area contributed by atoms with Gasteiger partial charge in [0, 0.05) is 5.69 Å². The van der Waals surface area contributed by atoms with E-state index in [1.54, 1.807) is 12.1 Å². The Labute approximate surface area is 98.3 Å². The molecule has 0 saturated heterocycles. The summed E-state index contributed by atoms with van der Waals surface area (Å²) in [4.78, 5) is 21.7. The van der Waals surface area contributed by atoms with E-state index in [0.717, 1.165) is 5.56 Å². The Morgan fingerprint density at radius 2 is 2.00 bits per heavy atom. The molecule has 0 aliphatic heterocycles. The molecule has 0 bridgehead atoms. The lowest BCUT2D eigenvalue weighted by Crippen LogP contribution is -2.38. The van der Waals surface area contributed by atoms with Gasteiger partial charge in [0.15, 0.2) is 6.10 Å². The monoisotopic (exact) mass is 238 g/mol. The number of benzene rings is 1. The molecule has 0 spiro atoms. The zero-order chi connectivity index (χ0) is 12.8. The number of nitrogens with one attached hydrogen (secondary N) is 2. The number of carbonyl (C=O) groups is 2. The van der Waals surface area contributed by atoms with Crippen LogP contribution in [-0.4, -0.2) is 34.9 Å². The molecule has 6 nitrogen and oxygen atoms in total. The standard InChI is InChI=1S/C11H14N2O4/c1-7-4-2-3-5-8(7)13-11(17)12-6-9(14)10(15)16/h2-5,9,14H,6H2,1H3,(H,15,16)(H2,12,13,17). The van der Waals surface area contributed by atoms with Crippen molar-refractivity contribution in [3.63, 3.8) is 0 Å². The molecule has 6 heteroatoms. The first-order valence-corrected chi connectivity index (χ1v) is 5.02. The highest BCUT2D eigenvalue weighted by molar-refractivity contribution is 5.90. The molecule has 1 aromatic carbocycles. The maximum Gasteiger partial charge on any atom is 0.334 e. The number of amides is 2. The molecule has 1 aromatic rings. The molecule has 92 valence electrons. The van der Waals surface area contributed by atoms with Crippen molar-refractivity contribution in [1.29, 1.82) is 0 Å². The van der Waals surface area contributed by atoms with Gasteiger partial charge in [0.25, 0.3) is 0 Å². The summed E-state index contributed by atoms with van der Waals surface area (Å²) in [6.07, 6.45) is -1.60. The summed E-state index contributed by atoms with van der Waals surface area (Å²) >= 11 is 0. The highest BCUT2D eigenvalue weighted by Crippen LogP contribution is 2.12. The summed E-state index contributed by atoms with van der Waals surface area (Å²) in [6.45, 7) is 1.49. The lowest BCUT2D eigenvalue weighted by Gasteiger charge is -2.10. The largest absolute Gasteiger partial charge is 0.479 e. The number of hydrogen-bond donors (Lipinski definition) is 4. The zero-order valence-electron chi connectivity index (χ0n) is 9.30. The number of carboxylic acid groups (broad SMARTS) is 1. The van der Waals surface area contributed by atoms with E-state index >= 15 is 0 Å². The van der Waals surface area contributed by atoms with Gasteiger partial charge in [-0.15, -0.1) is 0 Å². The number of aliphatic hydroxyl groups excluding tert-OH is 1. The average Bonchev–Trinajstić information content (AvgIpc) is 2.29. The fourth-order valence-corrected chi connectivity index (χ4v) is 1.16. The van der Waals surface area contributed by atoms with Crippen LogP contribution in [0.5, 0.6) is 0 Å². The number of para-hydroxylation sites is 1. The quantitative estimate of drug-likeness (QED) is 0.616. The number of carbonyl (C=O) groups excluding carboxylic acids is 1. The summed E-state index contributed by atoms with van der Waals surface area (Å²) in [7, 11) is 0. The number of anilines is 1. The predicted molar refractivity (Wildman–Crippen MR) is 61.8 cm³/mol. The molecule has 2 amide bonds. The molecular weight excluding hydrogens is 224 g/mol. The number of aliphatic carboxylic acids is 1. The number of rotatable bonds is 4. The molecule has 4 N–H and O–H groups in total. The second-order valence-corrected chi connectivity index (χ2v) is 3.50. The summed E-state index contributed by atoms with van der Waals surface area (Å²) in [5, 5.41) is 22.2. The van der Waals surface area contributed by atoms with Crippen LogP contribution in [0.15, 0.2) is 24.3 Å². The minimum absolute atomic E-state index is 0.340. The highest BCUT2D eigenvalue weighted by atomic mass is 16.4. The van der Waals surface area contributed by atoms with Crippen LogP contribution < -0.4 is 10.6 Å². The highest BCUT2D eigenvalue weighted by Gasteiger charge is 2.14. The van der Waals surface area contributed by atoms with Crippen molar-refractivity contribution in [2.75, 3.05) is 11.9 Å². The van der Waals surface area contributed by atoms with Crippen molar-refractivity contribution in [2.24, 2.45) is 0 Å². The third kappa shape index (κ3) is 4.12. The molecule has 1 unspecified atom stereocenters. The van der Waals surface area contributed by atoms with Crippen LogP contribution in [0, 0.1) is 6.92 Å². The molecule has 0 heterocycles. The third-order valence-corrected chi connectivity index (χ3v) is 2.13. The van der Waals surface area contributed by atoms with Crippen LogP contribution in [0.1, 0.15) is 5.56 Å². The first-order chi connectivity index (χ1) is 8.00. The second-order valence-electron chi connectivity index (χ2n) is 3.50. The van der Waals surface area contributed by atoms with Crippen LogP contribution in [-0.2, 0) is 4.79 Å². The van der Waals surface area contributed by atoms with E-state index < -0.39 is 18.1 Å². The van der Waals surface area contributed by atoms with Gasteiger partial charge < -0.3 is 20.8 Å². The van der Waals surface area contributed by atoms with Crippen molar-refractivity contribution < 1.29 is 19.8 Å². The van der Waals surface area contributed by atoms with Crippen molar-refractivity contribution in [1.82, 2.24) is 5.32 Å². The van der Waals surface area contributed by atoms with E-state index in [0.29, 0.717) is 5.69 Å². The van der Waals surface area contributed by atoms with Crippen molar-refractivity contribution in [3.8, 4) is 0 Å². The number of hydrogen-bond acceptors (Lipinski definition) is 3. The van der Waals surface area contributed by atoms with Crippen molar-refractivity contribution in [3.05, 3.63) is 29.8 Å². The van der Waals surface area contributed by atoms with Crippen LogP contribution in [0.25, 0.3) is 0 Å². The van der Waals surface area contributed by atoms with Crippen molar-refractivity contribution in [2.45, 2.75) is 13.0 Å². The van der Waals surface area contributed by atoms with E-state index in [1.165, 1.54) is 0 Å². The lowest BCUT2D eigenvalue weighted by molar-refractivity contribution is -0.146. The van der Waals surface area contributed by atoms with Gasteiger partial charge in [-0.2, -0.15) is 0 Å². The fourth-order valence-electron chi connectivity index (χ4n) is 1.16. The van der Waals surface area contributed by atoms with Crippen LogP contribution in [0.4, 0.5) is 10.5 Å². The number of aliphatic hydroxyl groups is 1. The van der Waals surface area contributed by atoms with E-state index in [1.807, 2.05) is 19.1 Å². The molecule has 0 radical (unpaired) electrons. The smallest absolute Gasteiger partial charge is 0.334 e. The van der Waals surface area contributed by atoms with E-state index in [2.05, 4.69) is 10.6 Å². The summed E-state index contributed by atoms with van der Waals surface area (Å²) in [6, 6.07) is 6.62. The van der Waals surface area contributed by atoms with Gasteiger partial charge in [-0.3, -0.25) is 0 Å². The second kappa shape index (κ2) is 5.86. The Hall–Kier alpha value is -2.08. The Morgan fingerprint density at radius 1 is 1.35 bits per heavy atom. The topological polar surface area (TPSA) is 98.7 Å². The number of carboxylic acids is 1. The Bertz CT molecular complexity index is 420. The van der Waals surface area contributed by atoms with Gasteiger partial charge in [0.05, 0.1) is 6.54 Å². The van der Waals surface area contributed by atoms with Crippen LogP contribution in [0.2, 0.25) is 0 Å². The average molecular weight is 238 g/mol. The Kier molecular flexibility index (Phi) is 4.47. The van der Waals surface area contributed by atoms with Gasteiger partial charge in [-0.05, 0) is 18.6 Å². The van der Waals surface area contributed by atoms with Gasteiger partial charge in [-0.1, -0.05) is 18.2 Å². The van der Waals surface area contributed by atoms with Gasteiger partial charge in [0.2, 0.25) is 0 Å². The number of aryl methyl sites for hydroxylation is 1. The summed E-state index contributed by atoms with van der Waals surface area (Å²) < 4.78 is 0. The first-order valence-electron chi connectivity index (χ1n) is 5.02. The molecule has 1 atom stereocenters. The minimum atomic E-state index is -1.60. The summed E-state index contributed by atoms with van der Waals surface area (Å²) in [5.74, 6) is -1.37. The summed E-state index contributed by atoms with van der Waals surface area (Å²) in [5.41, 5.74) is 1.52. The number of urea groups is 1. The van der Waals surface area contributed by atoms with Crippen LogP contribution >= 0.6 is 0 Å². The zero-order valence-corrected chi connectivity index (χ0v) is 9.30. The molecule has 17 heavy (non-hydrogen) atoms. The van der Waals surface area contributed by atoms with Gasteiger partial charge in [0.1, 0.15) is 0 Å². The molecule has 0 aliphatic rings. The SMILES string of the molecule is Cc1ccccc1NC(=O)NCC(O)C(=O)O. The first kappa shape index (κ1) is 13.0. The minimum Gasteiger partial charge on any atom is -0.479 e. The van der Waals surface area contributed by atoms with Gasteiger partial charge >= 0.3 is 12.0 Å². The maximum atomic E-state index is 11.4. The Balaban J connectivity index is 2.46. The molecule has 0 fully saturated rings. The van der Waals surface area contributed by atoms with Crippen molar-refractivity contribution >= 4 is 17.7 Å². The lowest BCUT2D eigenvalue weighted by atomic mass is 10.2. The molecule has 0 saturated carbocycles. The van der Waals surface area contributed by atoms with E-state index in [4.69, 9.17) is 10.2 Å². The van der Waals surface area contributed by atoms with E-state index in [9.17, 15) is 9.59 Å². The molecule has 0 aliphatic carbocycles. The maximum absolute atomic E-state index is 11.4. The molecule has 1 rings (SSSR count). The normalized spacial score (nSPS) is 11.6. The predicted octanol–water partition coefficient (Wildman–Crippen LogP) is 0.562. The third-order valence-electron chi connectivity index (χ3n) is 2.13. The van der Waals surface area contributed by atoms with Crippen LogP contribution in [0.3, 0.4) is 0 Å². The molecule has 0 aromatic heterocycles. The Morgan fingerprint density at radius 3 is 2.59 bits per heavy atom. The molecular formula is C11H14N2O4. The van der Waals surface area contributed by atoms with Gasteiger partial charge in [-0.25, -0.2) is 9.59 Å². The fraction of sp³-hybridized carbons (Fsp3) is 0.273.